The predicted molar refractivity (Wildman–Crippen MR) is 76.4 cm³/mol. The molecule has 3 rings (SSSR count). The Kier molecular flexibility index (Phi) is 3.79. The highest BCUT2D eigenvalue weighted by atomic mass is 32.2. The first-order chi connectivity index (χ1) is 9.63. The summed E-state index contributed by atoms with van der Waals surface area (Å²) in [6.45, 7) is 0.969. The maximum Gasteiger partial charge on any atom is 0.244 e. The number of rotatable bonds is 3. The third-order valence-electron chi connectivity index (χ3n) is 4.56. The van der Waals surface area contributed by atoms with E-state index in [2.05, 4.69) is 4.98 Å². The second-order valence-electron chi connectivity index (χ2n) is 5.71. The number of sulfonamides is 1. The van der Waals surface area contributed by atoms with Crippen LogP contribution in [-0.2, 0) is 16.6 Å². The molecule has 2 aliphatic rings. The van der Waals surface area contributed by atoms with Crippen LogP contribution in [0, 0.1) is 5.92 Å². The van der Waals surface area contributed by atoms with Crippen molar-refractivity contribution < 1.29 is 8.42 Å². The van der Waals surface area contributed by atoms with Crippen LogP contribution in [0.15, 0.2) is 23.2 Å². The smallest absolute Gasteiger partial charge is 0.244 e. The van der Waals surface area contributed by atoms with Gasteiger partial charge in [0.05, 0.1) is 5.69 Å². The Hall–Kier alpha value is -0.980. The third kappa shape index (κ3) is 2.36. The topological polar surface area (TPSA) is 76.3 Å². The highest BCUT2D eigenvalue weighted by molar-refractivity contribution is 7.89. The van der Waals surface area contributed by atoms with E-state index in [4.69, 9.17) is 5.73 Å². The van der Waals surface area contributed by atoms with Gasteiger partial charge in [0.1, 0.15) is 4.90 Å². The molecule has 2 fully saturated rings. The Bertz CT molecular complexity index is 571. The summed E-state index contributed by atoms with van der Waals surface area (Å²) in [5, 5.41) is 0. The second-order valence-corrected chi connectivity index (χ2v) is 7.60. The van der Waals surface area contributed by atoms with Gasteiger partial charge in [-0.25, -0.2) is 8.42 Å². The van der Waals surface area contributed by atoms with Crippen LogP contribution < -0.4 is 5.73 Å². The zero-order valence-corrected chi connectivity index (χ0v) is 12.3. The molecule has 0 aromatic carbocycles. The molecule has 1 aromatic rings. The first kappa shape index (κ1) is 14.0. The van der Waals surface area contributed by atoms with Gasteiger partial charge in [0.2, 0.25) is 10.0 Å². The molecule has 1 aromatic heterocycles. The van der Waals surface area contributed by atoms with Crippen LogP contribution in [0.2, 0.25) is 0 Å². The molecule has 1 aliphatic carbocycles. The van der Waals surface area contributed by atoms with Crippen molar-refractivity contribution in [2.24, 2.45) is 11.7 Å². The molecular weight excluding hydrogens is 274 g/mol. The number of piperidine rings is 1. The average Bonchev–Trinajstić information content (AvgIpc) is 2.95. The van der Waals surface area contributed by atoms with Gasteiger partial charge in [0, 0.05) is 25.3 Å². The Labute approximate surface area is 120 Å². The number of nitrogens with two attached hydrogens (primary N) is 1. The first-order valence-electron chi connectivity index (χ1n) is 7.30. The summed E-state index contributed by atoms with van der Waals surface area (Å²) in [4.78, 5) is 4.41. The fourth-order valence-electron chi connectivity index (χ4n) is 3.53. The number of fused-ring (bicyclic) bond motifs is 1. The Morgan fingerprint density at radius 3 is 2.75 bits per heavy atom. The molecule has 2 N–H and O–H groups in total. The van der Waals surface area contributed by atoms with E-state index in [1.54, 1.807) is 16.4 Å². The van der Waals surface area contributed by atoms with Gasteiger partial charge in [-0.05, 0) is 43.7 Å². The lowest BCUT2D eigenvalue weighted by atomic mass is 9.94. The Morgan fingerprint density at radius 1 is 1.25 bits per heavy atom. The van der Waals surface area contributed by atoms with Crippen molar-refractivity contribution in [3.8, 4) is 0 Å². The van der Waals surface area contributed by atoms with E-state index < -0.39 is 10.0 Å². The van der Waals surface area contributed by atoms with Crippen molar-refractivity contribution in [1.82, 2.24) is 9.29 Å². The van der Waals surface area contributed by atoms with Gasteiger partial charge < -0.3 is 5.73 Å². The SMILES string of the molecule is NCc1ccc(S(=O)(=O)N2CCCC3CCCC32)cn1. The third-order valence-corrected chi connectivity index (χ3v) is 6.46. The maximum atomic E-state index is 12.8. The first-order valence-corrected chi connectivity index (χ1v) is 8.74. The predicted octanol–water partition coefficient (Wildman–Crippen LogP) is 1.49. The molecule has 6 heteroatoms. The molecule has 5 nitrogen and oxygen atoms in total. The van der Waals surface area contributed by atoms with Gasteiger partial charge in [0.25, 0.3) is 0 Å². The van der Waals surface area contributed by atoms with Crippen LogP contribution in [0.25, 0.3) is 0 Å². The van der Waals surface area contributed by atoms with Crippen LogP contribution >= 0.6 is 0 Å². The van der Waals surface area contributed by atoms with Gasteiger partial charge in [-0.3, -0.25) is 4.98 Å². The maximum absolute atomic E-state index is 12.8. The number of hydrogen-bond donors (Lipinski definition) is 1. The quantitative estimate of drug-likeness (QED) is 0.916. The molecule has 0 bridgehead atoms. The molecule has 1 aliphatic heterocycles. The van der Waals surface area contributed by atoms with E-state index in [0.717, 1.165) is 19.3 Å². The summed E-state index contributed by atoms with van der Waals surface area (Å²) in [7, 11) is -3.41. The van der Waals surface area contributed by atoms with Crippen LogP contribution in [0.1, 0.15) is 37.8 Å². The minimum Gasteiger partial charge on any atom is -0.325 e. The van der Waals surface area contributed by atoms with Crippen LogP contribution in [0.3, 0.4) is 0 Å². The van der Waals surface area contributed by atoms with E-state index in [-0.39, 0.29) is 6.04 Å². The second kappa shape index (κ2) is 5.42. The number of hydrogen-bond acceptors (Lipinski definition) is 4. The zero-order valence-electron chi connectivity index (χ0n) is 11.5. The van der Waals surface area contributed by atoms with Crippen LogP contribution in [0.5, 0.6) is 0 Å². The summed E-state index contributed by atoms with van der Waals surface area (Å²) < 4.78 is 27.3. The molecule has 0 radical (unpaired) electrons. The number of aromatic nitrogens is 1. The van der Waals surface area contributed by atoms with E-state index in [1.807, 2.05) is 0 Å². The van der Waals surface area contributed by atoms with Crippen molar-refractivity contribution in [2.75, 3.05) is 6.54 Å². The number of pyridine rings is 1. The van der Waals surface area contributed by atoms with Gasteiger partial charge in [-0.15, -0.1) is 0 Å². The van der Waals surface area contributed by atoms with Crippen LogP contribution in [0.4, 0.5) is 0 Å². The van der Waals surface area contributed by atoms with Gasteiger partial charge in [0.15, 0.2) is 0 Å². The molecule has 2 heterocycles. The Morgan fingerprint density at radius 2 is 2.05 bits per heavy atom. The Balaban J connectivity index is 1.89. The normalized spacial score (nSPS) is 27.4. The summed E-state index contributed by atoms with van der Waals surface area (Å²) in [5.41, 5.74) is 6.21. The minimum absolute atomic E-state index is 0.197. The van der Waals surface area contributed by atoms with E-state index in [1.165, 1.54) is 19.0 Å². The molecule has 2 unspecified atom stereocenters. The molecule has 20 heavy (non-hydrogen) atoms. The lowest BCUT2D eigenvalue weighted by Crippen LogP contribution is -2.46. The lowest BCUT2D eigenvalue weighted by Gasteiger charge is -2.36. The molecule has 1 saturated carbocycles. The monoisotopic (exact) mass is 295 g/mol. The minimum atomic E-state index is -3.41. The average molecular weight is 295 g/mol. The summed E-state index contributed by atoms with van der Waals surface area (Å²) >= 11 is 0. The van der Waals surface area contributed by atoms with Gasteiger partial charge >= 0.3 is 0 Å². The molecule has 2 atom stereocenters. The highest BCUT2D eigenvalue weighted by Gasteiger charge is 2.41. The standard InChI is InChI=1S/C14H21N3O2S/c15-9-12-6-7-13(10-16-12)20(18,19)17-8-2-4-11-3-1-5-14(11)17/h6-7,10-11,14H,1-5,8-9,15H2. The molecule has 0 spiro atoms. The van der Waals surface area contributed by atoms with Crippen LogP contribution in [-0.4, -0.2) is 30.3 Å². The van der Waals surface area contributed by atoms with Crippen molar-refractivity contribution in [3.05, 3.63) is 24.0 Å². The van der Waals surface area contributed by atoms with Crippen molar-refractivity contribution in [1.29, 1.82) is 0 Å². The summed E-state index contributed by atoms with van der Waals surface area (Å²) in [6.07, 6.45) is 6.89. The van der Waals surface area contributed by atoms with Gasteiger partial charge in [-0.2, -0.15) is 4.31 Å². The van der Waals surface area contributed by atoms with Crippen molar-refractivity contribution >= 4 is 10.0 Å². The van der Waals surface area contributed by atoms with E-state index in [0.29, 0.717) is 29.6 Å². The van der Waals surface area contributed by atoms with Crippen molar-refractivity contribution in [2.45, 2.75) is 49.6 Å². The summed E-state index contributed by atoms with van der Waals surface area (Å²) in [6, 6.07) is 3.52. The lowest BCUT2D eigenvalue weighted by molar-refractivity contribution is 0.202. The fraction of sp³-hybridized carbons (Fsp3) is 0.643. The van der Waals surface area contributed by atoms with Crippen molar-refractivity contribution in [3.63, 3.8) is 0 Å². The highest BCUT2D eigenvalue weighted by Crippen LogP contribution is 2.39. The van der Waals surface area contributed by atoms with Gasteiger partial charge in [-0.1, -0.05) is 6.42 Å². The van der Waals surface area contributed by atoms with E-state index >= 15 is 0 Å². The molecular formula is C14H21N3O2S. The molecule has 1 saturated heterocycles. The van der Waals surface area contributed by atoms with E-state index in [9.17, 15) is 8.42 Å². The number of nitrogens with zero attached hydrogens (tertiary/aromatic N) is 2. The molecule has 110 valence electrons. The molecule has 0 amide bonds. The fourth-order valence-corrected chi connectivity index (χ4v) is 5.23. The zero-order chi connectivity index (χ0) is 14.2. The summed E-state index contributed by atoms with van der Waals surface area (Å²) in [5.74, 6) is 0.551. The largest absolute Gasteiger partial charge is 0.325 e.